The summed E-state index contributed by atoms with van der Waals surface area (Å²) < 4.78 is 16.8. The summed E-state index contributed by atoms with van der Waals surface area (Å²) in [6.07, 6.45) is 0.554. The summed E-state index contributed by atoms with van der Waals surface area (Å²) in [7, 11) is 0. The van der Waals surface area contributed by atoms with E-state index in [9.17, 15) is 4.39 Å². The predicted octanol–water partition coefficient (Wildman–Crippen LogP) is 1.75. The number of halogens is 2. The van der Waals surface area contributed by atoms with Crippen molar-refractivity contribution in [3.05, 3.63) is 18.1 Å². The van der Waals surface area contributed by atoms with Crippen LogP contribution in [0.4, 0.5) is 4.39 Å². The van der Waals surface area contributed by atoms with Crippen molar-refractivity contribution < 1.29 is 8.81 Å². The van der Waals surface area contributed by atoms with Crippen molar-refractivity contribution in [1.82, 2.24) is 4.98 Å². The number of oxazole rings is 1. The molecule has 0 atom stereocenters. The van der Waals surface area contributed by atoms with E-state index in [2.05, 4.69) is 32.0 Å². The number of hydrogen-bond donors (Lipinski definition) is 0. The molecule has 1 aromatic rings. The summed E-state index contributed by atoms with van der Waals surface area (Å²) in [5.74, 6) is 0. The smallest absolute Gasteiger partial charge is 0.381 e. The van der Waals surface area contributed by atoms with Crippen molar-refractivity contribution >= 4 is 22.6 Å². The van der Waals surface area contributed by atoms with Gasteiger partial charge in [0.05, 0.1) is 5.69 Å². The Kier molecular flexibility index (Phi) is 1.82. The van der Waals surface area contributed by atoms with E-state index < -0.39 is 6.14 Å². The summed E-state index contributed by atoms with van der Waals surface area (Å²) >= 11 is 2.08. The summed E-state index contributed by atoms with van der Waals surface area (Å²) in [6, 6.07) is 0. The van der Waals surface area contributed by atoms with Gasteiger partial charge in [-0.15, -0.1) is 4.39 Å². The number of rotatable bonds is 1. The molecule has 0 radical (unpaired) electrons. The van der Waals surface area contributed by atoms with Crippen molar-refractivity contribution in [3.63, 3.8) is 0 Å². The van der Waals surface area contributed by atoms with Gasteiger partial charge < -0.3 is 4.42 Å². The molecular formula is C4H3FINO. The monoisotopic (exact) mass is 227 g/mol. The quantitative estimate of drug-likeness (QED) is 0.539. The first kappa shape index (κ1) is 6.00. The van der Waals surface area contributed by atoms with Gasteiger partial charge in [0.15, 0.2) is 0 Å². The minimum Gasteiger partial charge on any atom is -0.423 e. The van der Waals surface area contributed by atoms with Crippen molar-refractivity contribution in [2.45, 2.75) is 4.43 Å². The molecule has 0 N–H and O–H groups in total. The van der Waals surface area contributed by atoms with Gasteiger partial charge in [-0.25, -0.2) is 0 Å². The minimum atomic E-state index is -0.753. The highest BCUT2D eigenvalue weighted by atomic mass is 127. The Labute approximate surface area is 59.2 Å². The van der Waals surface area contributed by atoms with Gasteiger partial charge >= 0.3 is 6.14 Å². The van der Waals surface area contributed by atoms with Crippen LogP contribution in [0, 0.1) is 6.14 Å². The van der Waals surface area contributed by atoms with Crippen LogP contribution in [-0.4, -0.2) is 4.98 Å². The summed E-state index contributed by atoms with van der Waals surface area (Å²) in [4.78, 5) is 3.39. The molecule has 0 bridgehead atoms. The van der Waals surface area contributed by atoms with E-state index in [-0.39, 0.29) is 0 Å². The zero-order valence-corrected chi connectivity index (χ0v) is 6.05. The molecule has 1 rings (SSSR count). The van der Waals surface area contributed by atoms with E-state index in [1.807, 2.05) is 0 Å². The fourth-order valence-corrected chi connectivity index (χ4v) is 0.694. The third kappa shape index (κ3) is 1.18. The molecule has 0 saturated heterocycles. The lowest BCUT2D eigenvalue weighted by molar-refractivity contribution is 0.336. The normalized spacial score (nSPS) is 9.75. The Morgan fingerprint density at radius 2 is 2.62 bits per heavy atom. The SMILES string of the molecule is Fc1nc(CI)co1. The maximum absolute atomic E-state index is 11.8. The molecule has 0 aromatic carbocycles. The molecule has 0 unspecified atom stereocenters. The number of hydrogen-bond acceptors (Lipinski definition) is 2. The van der Waals surface area contributed by atoms with Crippen LogP contribution in [0.5, 0.6) is 0 Å². The average molecular weight is 227 g/mol. The average Bonchev–Trinajstić information content (AvgIpc) is 2.14. The van der Waals surface area contributed by atoms with E-state index in [4.69, 9.17) is 0 Å². The molecule has 1 aromatic heterocycles. The largest absolute Gasteiger partial charge is 0.423 e. The zero-order chi connectivity index (χ0) is 5.98. The van der Waals surface area contributed by atoms with Crippen molar-refractivity contribution in [1.29, 1.82) is 0 Å². The molecule has 1 heterocycles. The second-order valence-electron chi connectivity index (χ2n) is 1.23. The summed E-state index contributed by atoms with van der Waals surface area (Å²) in [6.45, 7) is 0. The Hall–Kier alpha value is -0.130. The van der Waals surface area contributed by atoms with Gasteiger partial charge in [0.1, 0.15) is 6.26 Å². The van der Waals surface area contributed by atoms with Crippen LogP contribution in [0.25, 0.3) is 0 Å². The first-order chi connectivity index (χ1) is 3.83. The highest BCUT2D eigenvalue weighted by molar-refractivity contribution is 14.1. The number of nitrogens with zero attached hydrogens (tertiary/aromatic N) is 1. The van der Waals surface area contributed by atoms with Gasteiger partial charge in [-0.3, -0.25) is 0 Å². The number of alkyl halides is 1. The van der Waals surface area contributed by atoms with E-state index in [0.29, 0.717) is 10.1 Å². The van der Waals surface area contributed by atoms with Gasteiger partial charge in [-0.2, -0.15) is 4.98 Å². The maximum Gasteiger partial charge on any atom is 0.381 e. The van der Waals surface area contributed by atoms with Gasteiger partial charge in [0.2, 0.25) is 0 Å². The molecule has 4 heteroatoms. The van der Waals surface area contributed by atoms with E-state index >= 15 is 0 Å². The third-order valence-corrected chi connectivity index (χ3v) is 1.44. The Bertz CT molecular complexity index is 176. The molecule has 2 nitrogen and oxygen atoms in total. The molecule has 0 amide bonds. The van der Waals surface area contributed by atoms with Crippen LogP contribution >= 0.6 is 22.6 Å². The molecule has 0 spiro atoms. The molecule has 0 fully saturated rings. The molecule has 0 aliphatic carbocycles. The molecule has 8 heavy (non-hydrogen) atoms. The van der Waals surface area contributed by atoms with Crippen LogP contribution in [0.3, 0.4) is 0 Å². The second kappa shape index (κ2) is 2.43. The Balaban J connectivity index is 2.84. The highest BCUT2D eigenvalue weighted by Crippen LogP contribution is 2.03. The second-order valence-corrected chi connectivity index (χ2v) is 1.99. The van der Waals surface area contributed by atoms with Crippen molar-refractivity contribution in [2.24, 2.45) is 0 Å². The van der Waals surface area contributed by atoms with Gasteiger partial charge in [-0.05, 0) is 0 Å². The molecule has 0 aliphatic heterocycles. The first-order valence-corrected chi connectivity index (χ1v) is 3.51. The van der Waals surface area contributed by atoms with Gasteiger partial charge in [-0.1, -0.05) is 22.6 Å². The standard InChI is InChI=1S/C4H3FINO/c5-4-7-3(1-6)2-8-4/h2H,1H2. The zero-order valence-electron chi connectivity index (χ0n) is 3.90. The van der Waals surface area contributed by atoms with Crippen LogP contribution in [-0.2, 0) is 4.43 Å². The lowest BCUT2D eigenvalue weighted by atomic mass is 10.6. The summed E-state index contributed by atoms with van der Waals surface area (Å²) in [5, 5.41) is 0. The van der Waals surface area contributed by atoms with E-state index in [0.717, 1.165) is 0 Å². The first-order valence-electron chi connectivity index (χ1n) is 1.99. The molecular weight excluding hydrogens is 224 g/mol. The Morgan fingerprint density at radius 3 is 2.88 bits per heavy atom. The van der Waals surface area contributed by atoms with E-state index in [1.165, 1.54) is 6.26 Å². The predicted molar refractivity (Wildman–Crippen MR) is 34.2 cm³/mol. The van der Waals surface area contributed by atoms with Crippen LogP contribution < -0.4 is 0 Å². The van der Waals surface area contributed by atoms with Gasteiger partial charge in [0.25, 0.3) is 0 Å². The van der Waals surface area contributed by atoms with Gasteiger partial charge in [0, 0.05) is 4.43 Å². The maximum atomic E-state index is 11.8. The minimum absolute atomic E-state index is 0.642. The topological polar surface area (TPSA) is 26.0 Å². The Morgan fingerprint density at radius 1 is 1.88 bits per heavy atom. The molecule has 0 aliphatic rings. The van der Waals surface area contributed by atoms with Crippen LogP contribution in [0.2, 0.25) is 0 Å². The van der Waals surface area contributed by atoms with Crippen LogP contribution in [0.15, 0.2) is 10.7 Å². The van der Waals surface area contributed by atoms with Crippen molar-refractivity contribution in [3.8, 4) is 0 Å². The highest BCUT2D eigenvalue weighted by Gasteiger charge is 1.97. The van der Waals surface area contributed by atoms with Crippen molar-refractivity contribution in [2.75, 3.05) is 0 Å². The third-order valence-electron chi connectivity index (χ3n) is 0.661. The lowest BCUT2D eigenvalue weighted by Gasteiger charge is -1.73. The molecule has 0 saturated carbocycles. The van der Waals surface area contributed by atoms with E-state index in [1.54, 1.807) is 0 Å². The molecule has 44 valence electrons. The number of aromatic nitrogens is 1. The lowest BCUT2D eigenvalue weighted by Crippen LogP contribution is -1.74. The van der Waals surface area contributed by atoms with Crippen LogP contribution in [0.1, 0.15) is 5.69 Å². The summed E-state index contributed by atoms with van der Waals surface area (Å²) in [5.41, 5.74) is 0.642. The fraction of sp³-hybridized carbons (Fsp3) is 0.250. The fourth-order valence-electron chi connectivity index (χ4n) is 0.344.